The van der Waals surface area contributed by atoms with Crippen LogP contribution in [0.4, 0.5) is 0 Å². The van der Waals surface area contributed by atoms with Crippen LogP contribution >= 0.6 is 11.6 Å². The van der Waals surface area contributed by atoms with Crippen LogP contribution in [0.3, 0.4) is 0 Å². The summed E-state index contributed by atoms with van der Waals surface area (Å²) in [6.45, 7) is 3.59. The number of fused-ring (bicyclic) bond motifs is 1. The fraction of sp³-hybridized carbons (Fsp3) is 0.217. The summed E-state index contributed by atoms with van der Waals surface area (Å²) in [5.41, 5.74) is 1.06. The molecule has 10 heteroatoms. The van der Waals surface area contributed by atoms with Crippen molar-refractivity contribution in [2.45, 2.75) is 19.9 Å². The molecular formula is C23H25ClN4O4S. The van der Waals surface area contributed by atoms with E-state index in [0.29, 0.717) is 16.5 Å². The Morgan fingerprint density at radius 3 is 2.33 bits per heavy atom. The molecule has 3 aromatic rings. The van der Waals surface area contributed by atoms with Crippen LogP contribution in [0, 0.1) is 0 Å². The first kappa shape index (κ1) is 24.5. The van der Waals surface area contributed by atoms with Gasteiger partial charge in [0.1, 0.15) is 5.70 Å². The zero-order valence-electron chi connectivity index (χ0n) is 18.7. The summed E-state index contributed by atoms with van der Waals surface area (Å²) >= 11 is 6.13. The van der Waals surface area contributed by atoms with Gasteiger partial charge in [-0.05, 0) is 38.1 Å². The molecule has 0 saturated heterocycles. The highest BCUT2D eigenvalue weighted by Crippen LogP contribution is 2.26. The molecular weight excluding hydrogens is 464 g/mol. The van der Waals surface area contributed by atoms with Crippen molar-refractivity contribution >= 4 is 50.6 Å². The van der Waals surface area contributed by atoms with Crippen molar-refractivity contribution in [3.63, 3.8) is 0 Å². The van der Waals surface area contributed by atoms with E-state index in [-0.39, 0.29) is 22.3 Å². The minimum atomic E-state index is -3.81. The normalized spacial score (nSPS) is 12.4. The Kier molecular flexibility index (Phi) is 7.26. The Bertz CT molecular complexity index is 1340. The van der Waals surface area contributed by atoms with Crippen molar-refractivity contribution in [1.29, 1.82) is 0 Å². The maximum absolute atomic E-state index is 12.9. The molecule has 0 fully saturated rings. The molecule has 1 heterocycles. The van der Waals surface area contributed by atoms with Gasteiger partial charge in [-0.3, -0.25) is 9.59 Å². The topological polar surface area (TPSA) is 101 Å². The van der Waals surface area contributed by atoms with Crippen molar-refractivity contribution in [3.05, 3.63) is 76.6 Å². The lowest BCUT2D eigenvalue weighted by atomic mass is 10.1. The maximum Gasteiger partial charge on any atom is 0.307 e. The summed E-state index contributed by atoms with van der Waals surface area (Å²) in [7, 11) is -0.943. The third-order valence-electron chi connectivity index (χ3n) is 4.75. The molecule has 2 amide bonds. The number of aromatic nitrogens is 1. The Labute approximate surface area is 198 Å². The first-order chi connectivity index (χ1) is 15.5. The fourth-order valence-electron chi connectivity index (χ4n) is 3.15. The average Bonchev–Trinajstić information content (AvgIpc) is 3.12. The van der Waals surface area contributed by atoms with Gasteiger partial charge in [0.15, 0.2) is 0 Å². The first-order valence-electron chi connectivity index (χ1n) is 10.1. The van der Waals surface area contributed by atoms with Crippen LogP contribution in [-0.2, 0) is 15.0 Å². The first-order valence-corrected chi connectivity index (χ1v) is 11.9. The van der Waals surface area contributed by atoms with E-state index in [1.54, 1.807) is 62.4 Å². The SMILES string of the molecule is CC(C)NC(=O)C(=Cc1cn(S(=O)(=O)N(C)C)c2ccccc12)NC(=O)c1ccccc1Cl. The quantitative estimate of drug-likeness (QED) is 0.498. The van der Waals surface area contributed by atoms with Crippen LogP contribution in [0.5, 0.6) is 0 Å². The van der Waals surface area contributed by atoms with E-state index in [1.165, 1.54) is 26.4 Å². The van der Waals surface area contributed by atoms with E-state index in [9.17, 15) is 18.0 Å². The smallest absolute Gasteiger partial charge is 0.307 e. The number of halogens is 1. The van der Waals surface area contributed by atoms with E-state index < -0.39 is 22.0 Å². The molecule has 2 N–H and O–H groups in total. The number of carbonyl (C=O) groups excluding carboxylic acids is 2. The lowest BCUT2D eigenvalue weighted by Gasteiger charge is -2.13. The van der Waals surface area contributed by atoms with Gasteiger partial charge in [0.05, 0.1) is 16.1 Å². The van der Waals surface area contributed by atoms with Crippen molar-refractivity contribution in [2.75, 3.05) is 14.1 Å². The van der Waals surface area contributed by atoms with Gasteiger partial charge >= 0.3 is 10.2 Å². The Hall–Kier alpha value is -3.14. The van der Waals surface area contributed by atoms with E-state index in [1.807, 2.05) is 0 Å². The number of para-hydroxylation sites is 1. The standard InChI is InChI=1S/C23H25ClN4O4S/c1-15(2)25-23(30)20(26-22(29)18-10-5-7-11-19(18)24)13-16-14-28(33(31,32)27(3)4)21-12-8-6-9-17(16)21/h5-15H,1-4H3,(H,25,30)(H,26,29). The van der Waals surface area contributed by atoms with Crippen LogP contribution in [0.2, 0.25) is 5.02 Å². The van der Waals surface area contributed by atoms with Gasteiger partial charge in [-0.15, -0.1) is 0 Å². The van der Waals surface area contributed by atoms with Gasteiger partial charge < -0.3 is 10.6 Å². The second-order valence-electron chi connectivity index (χ2n) is 7.81. The molecule has 174 valence electrons. The molecule has 33 heavy (non-hydrogen) atoms. The number of amides is 2. The van der Waals surface area contributed by atoms with E-state index in [4.69, 9.17) is 11.6 Å². The number of rotatable bonds is 7. The molecule has 0 saturated carbocycles. The highest BCUT2D eigenvalue weighted by Gasteiger charge is 2.22. The molecule has 0 atom stereocenters. The van der Waals surface area contributed by atoms with Crippen LogP contribution in [0.15, 0.2) is 60.4 Å². The largest absolute Gasteiger partial charge is 0.349 e. The van der Waals surface area contributed by atoms with E-state index in [2.05, 4.69) is 10.6 Å². The highest BCUT2D eigenvalue weighted by atomic mass is 35.5. The van der Waals surface area contributed by atoms with E-state index in [0.717, 1.165) is 8.28 Å². The molecule has 0 aliphatic carbocycles. The van der Waals surface area contributed by atoms with Gasteiger partial charge in [0, 0.05) is 37.3 Å². The average molecular weight is 489 g/mol. The molecule has 0 bridgehead atoms. The molecule has 2 aromatic carbocycles. The number of nitrogens with zero attached hydrogens (tertiary/aromatic N) is 2. The third kappa shape index (κ3) is 5.27. The number of benzene rings is 2. The molecule has 0 aliphatic heterocycles. The molecule has 8 nitrogen and oxygen atoms in total. The summed E-state index contributed by atoms with van der Waals surface area (Å²) in [5, 5.41) is 6.21. The lowest BCUT2D eigenvalue weighted by molar-refractivity contribution is -0.118. The zero-order valence-corrected chi connectivity index (χ0v) is 20.2. The number of hydrogen-bond donors (Lipinski definition) is 2. The molecule has 0 spiro atoms. The van der Waals surface area contributed by atoms with Gasteiger partial charge in [-0.2, -0.15) is 12.7 Å². The Morgan fingerprint density at radius 2 is 1.70 bits per heavy atom. The highest BCUT2D eigenvalue weighted by molar-refractivity contribution is 7.87. The third-order valence-corrected chi connectivity index (χ3v) is 6.80. The van der Waals surface area contributed by atoms with Crippen molar-refractivity contribution in [1.82, 2.24) is 18.9 Å². The predicted octanol–water partition coefficient (Wildman–Crippen LogP) is 3.24. The lowest BCUT2D eigenvalue weighted by Crippen LogP contribution is -2.38. The number of carbonyl (C=O) groups is 2. The molecule has 0 unspecified atom stereocenters. The van der Waals surface area contributed by atoms with E-state index >= 15 is 0 Å². The molecule has 3 rings (SSSR count). The summed E-state index contributed by atoms with van der Waals surface area (Å²) in [6, 6.07) is 13.2. The molecule has 0 radical (unpaired) electrons. The predicted molar refractivity (Wildman–Crippen MR) is 130 cm³/mol. The monoisotopic (exact) mass is 488 g/mol. The van der Waals surface area contributed by atoms with Crippen LogP contribution in [0.25, 0.3) is 17.0 Å². The van der Waals surface area contributed by atoms with Gasteiger partial charge in [0.25, 0.3) is 11.8 Å². The Morgan fingerprint density at radius 1 is 1.06 bits per heavy atom. The zero-order chi connectivity index (χ0) is 24.3. The summed E-state index contributed by atoms with van der Waals surface area (Å²) in [6.07, 6.45) is 2.88. The second-order valence-corrected chi connectivity index (χ2v) is 10.2. The molecule has 0 aliphatic rings. The minimum absolute atomic E-state index is 0.0428. The number of hydrogen-bond acceptors (Lipinski definition) is 4. The van der Waals surface area contributed by atoms with Gasteiger partial charge in [-0.25, -0.2) is 3.97 Å². The van der Waals surface area contributed by atoms with Crippen molar-refractivity contribution in [3.8, 4) is 0 Å². The van der Waals surface area contributed by atoms with Crippen molar-refractivity contribution in [2.24, 2.45) is 0 Å². The fourth-order valence-corrected chi connectivity index (χ4v) is 4.37. The number of nitrogens with one attached hydrogen (secondary N) is 2. The maximum atomic E-state index is 12.9. The summed E-state index contributed by atoms with van der Waals surface area (Å²) < 4.78 is 27.9. The second kappa shape index (κ2) is 9.78. The van der Waals surface area contributed by atoms with Gasteiger partial charge in [-0.1, -0.05) is 41.9 Å². The van der Waals surface area contributed by atoms with Crippen LogP contribution in [-0.4, -0.2) is 48.6 Å². The summed E-state index contributed by atoms with van der Waals surface area (Å²) in [4.78, 5) is 25.7. The Balaban J connectivity index is 2.14. The summed E-state index contributed by atoms with van der Waals surface area (Å²) in [5.74, 6) is -1.08. The minimum Gasteiger partial charge on any atom is -0.349 e. The van der Waals surface area contributed by atoms with Crippen molar-refractivity contribution < 1.29 is 18.0 Å². The van der Waals surface area contributed by atoms with Crippen LogP contribution in [0.1, 0.15) is 29.8 Å². The molecule has 1 aromatic heterocycles. The van der Waals surface area contributed by atoms with Crippen LogP contribution < -0.4 is 10.6 Å². The van der Waals surface area contributed by atoms with Gasteiger partial charge in [0.2, 0.25) is 0 Å².